The standard InChI is InChI=1S/C23H20N2O3/c1-26-21-13-18(12-19(15-24)20-10-6-7-11-25-20)14-22(27-2)23(21)28-16-17-8-4-3-5-9-17/h3-14H,16H2,1-2H3. The summed E-state index contributed by atoms with van der Waals surface area (Å²) >= 11 is 0. The molecule has 0 unspecified atom stereocenters. The van der Waals surface area contributed by atoms with Crippen LogP contribution in [0.25, 0.3) is 11.6 Å². The van der Waals surface area contributed by atoms with Crippen LogP contribution in [0.5, 0.6) is 17.2 Å². The van der Waals surface area contributed by atoms with Crippen LogP contribution in [0.4, 0.5) is 0 Å². The Kier molecular flexibility index (Phi) is 6.27. The highest BCUT2D eigenvalue weighted by molar-refractivity contribution is 5.88. The second-order valence-electron chi connectivity index (χ2n) is 5.91. The molecule has 1 heterocycles. The molecule has 0 N–H and O–H groups in total. The van der Waals surface area contributed by atoms with Gasteiger partial charge in [-0.2, -0.15) is 5.26 Å². The van der Waals surface area contributed by atoms with E-state index >= 15 is 0 Å². The average Bonchev–Trinajstić information content (AvgIpc) is 2.77. The number of benzene rings is 2. The van der Waals surface area contributed by atoms with E-state index in [0.29, 0.717) is 35.1 Å². The number of nitrogens with zero attached hydrogens (tertiary/aromatic N) is 2. The van der Waals surface area contributed by atoms with Crippen LogP contribution in [0.3, 0.4) is 0 Å². The number of rotatable bonds is 7. The Morgan fingerprint density at radius 2 is 1.68 bits per heavy atom. The molecule has 140 valence electrons. The first-order valence-electron chi connectivity index (χ1n) is 8.71. The maximum atomic E-state index is 9.51. The molecule has 28 heavy (non-hydrogen) atoms. The van der Waals surface area contributed by atoms with Crippen molar-refractivity contribution in [2.45, 2.75) is 6.61 Å². The van der Waals surface area contributed by atoms with Gasteiger partial charge in [0.25, 0.3) is 0 Å². The Balaban J connectivity index is 1.94. The minimum absolute atomic E-state index is 0.389. The molecule has 5 nitrogen and oxygen atoms in total. The largest absolute Gasteiger partial charge is 0.493 e. The Morgan fingerprint density at radius 1 is 1.00 bits per heavy atom. The second-order valence-corrected chi connectivity index (χ2v) is 5.91. The molecule has 0 aliphatic carbocycles. The summed E-state index contributed by atoms with van der Waals surface area (Å²) in [6, 6.07) is 21.1. The molecule has 3 aromatic rings. The molecule has 0 atom stereocenters. The Labute approximate surface area is 164 Å². The Hall–Kier alpha value is -3.78. The van der Waals surface area contributed by atoms with Gasteiger partial charge in [0.1, 0.15) is 12.7 Å². The molecular weight excluding hydrogens is 352 g/mol. The third-order valence-electron chi connectivity index (χ3n) is 4.08. The quantitative estimate of drug-likeness (QED) is 0.561. The molecule has 0 radical (unpaired) electrons. The lowest BCUT2D eigenvalue weighted by Gasteiger charge is -2.15. The van der Waals surface area contributed by atoms with Crippen molar-refractivity contribution in [2.24, 2.45) is 0 Å². The SMILES string of the molecule is COc1cc(C=C(C#N)c2ccccn2)cc(OC)c1OCc1ccccc1. The molecule has 0 aliphatic heterocycles. The molecule has 0 amide bonds. The van der Waals surface area contributed by atoms with Gasteiger partial charge < -0.3 is 14.2 Å². The van der Waals surface area contributed by atoms with Crippen molar-refractivity contribution >= 4 is 11.6 Å². The number of nitriles is 1. The van der Waals surface area contributed by atoms with Crippen molar-refractivity contribution in [2.75, 3.05) is 14.2 Å². The van der Waals surface area contributed by atoms with E-state index in [0.717, 1.165) is 11.1 Å². The topological polar surface area (TPSA) is 64.4 Å². The van der Waals surface area contributed by atoms with Crippen molar-refractivity contribution in [3.63, 3.8) is 0 Å². The summed E-state index contributed by atoms with van der Waals surface area (Å²) in [5.41, 5.74) is 2.84. The Morgan fingerprint density at radius 3 is 2.25 bits per heavy atom. The number of allylic oxidation sites excluding steroid dienone is 1. The van der Waals surface area contributed by atoms with Gasteiger partial charge in [-0.1, -0.05) is 36.4 Å². The minimum Gasteiger partial charge on any atom is -0.493 e. The number of ether oxygens (including phenoxy) is 3. The first kappa shape index (κ1) is 19.0. The molecule has 0 spiro atoms. The van der Waals surface area contributed by atoms with Crippen molar-refractivity contribution in [3.05, 3.63) is 83.7 Å². The van der Waals surface area contributed by atoms with Crippen LogP contribution in [0.15, 0.2) is 66.9 Å². The van der Waals surface area contributed by atoms with Crippen LogP contribution in [-0.4, -0.2) is 19.2 Å². The van der Waals surface area contributed by atoms with E-state index < -0.39 is 0 Å². The van der Waals surface area contributed by atoms with Gasteiger partial charge in [0.2, 0.25) is 5.75 Å². The summed E-state index contributed by atoms with van der Waals surface area (Å²) in [6.07, 6.45) is 3.40. The molecule has 0 fully saturated rings. The third kappa shape index (κ3) is 4.49. The summed E-state index contributed by atoms with van der Waals surface area (Å²) in [5, 5.41) is 9.51. The Bertz CT molecular complexity index is 968. The molecule has 0 saturated carbocycles. The second kappa shape index (κ2) is 9.24. The number of hydrogen-bond acceptors (Lipinski definition) is 5. The fourth-order valence-corrected chi connectivity index (χ4v) is 2.71. The van der Waals surface area contributed by atoms with Crippen LogP contribution >= 0.6 is 0 Å². The first-order valence-corrected chi connectivity index (χ1v) is 8.71. The molecule has 3 rings (SSSR count). The van der Waals surface area contributed by atoms with Crippen LogP contribution in [-0.2, 0) is 6.61 Å². The van der Waals surface area contributed by atoms with E-state index in [2.05, 4.69) is 11.1 Å². The highest BCUT2D eigenvalue weighted by atomic mass is 16.5. The van der Waals surface area contributed by atoms with Crippen LogP contribution in [0.1, 0.15) is 16.8 Å². The van der Waals surface area contributed by atoms with Crippen molar-refractivity contribution in [3.8, 4) is 23.3 Å². The van der Waals surface area contributed by atoms with Gasteiger partial charge in [0.05, 0.1) is 25.5 Å². The third-order valence-corrected chi connectivity index (χ3v) is 4.08. The summed E-state index contributed by atoms with van der Waals surface area (Å²) in [4.78, 5) is 4.23. The van der Waals surface area contributed by atoms with Gasteiger partial charge in [-0.25, -0.2) is 0 Å². The van der Waals surface area contributed by atoms with E-state index in [1.807, 2.05) is 54.6 Å². The number of aromatic nitrogens is 1. The predicted molar refractivity (Wildman–Crippen MR) is 108 cm³/mol. The van der Waals surface area contributed by atoms with E-state index in [-0.39, 0.29) is 0 Å². The lowest BCUT2D eigenvalue weighted by Crippen LogP contribution is -2.00. The summed E-state index contributed by atoms with van der Waals surface area (Å²) in [7, 11) is 3.14. The van der Waals surface area contributed by atoms with Gasteiger partial charge in [0.15, 0.2) is 11.5 Å². The molecular formula is C23H20N2O3. The normalized spacial score (nSPS) is 10.8. The van der Waals surface area contributed by atoms with Crippen LogP contribution in [0.2, 0.25) is 0 Å². The van der Waals surface area contributed by atoms with Gasteiger partial charge >= 0.3 is 0 Å². The lowest BCUT2D eigenvalue weighted by atomic mass is 10.1. The van der Waals surface area contributed by atoms with E-state index in [4.69, 9.17) is 14.2 Å². The first-order chi connectivity index (χ1) is 13.7. The van der Waals surface area contributed by atoms with Crippen molar-refractivity contribution < 1.29 is 14.2 Å². The fraction of sp³-hybridized carbons (Fsp3) is 0.130. The summed E-state index contributed by atoms with van der Waals surface area (Å²) in [5.74, 6) is 1.57. The molecule has 1 aromatic heterocycles. The minimum atomic E-state index is 0.389. The maximum Gasteiger partial charge on any atom is 0.203 e. The van der Waals surface area contributed by atoms with Crippen molar-refractivity contribution in [1.82, 2.24) is 4.98 Å². The smallest absolute Gasteiger partial charge is 0.203 e. The zero-order valence-corrected chi connectivity index (χ0v) is 15.8. The molecule has 2 aromatic carbocycles. The average molecular weight is 372 g/mol. The zero-order chi connectivity index (χ0) is 19.8. The van der Waals surface area contributed by atoms with Crippen LogP contribution in [0, 0.1) is 11.3 Å². The van der Waals surface area contributed by atoms with Crippen molar-refractivity contribution in [1.29, 1.82) is 5.26 Å². The van der Waals surface area contributed by atoms with Crippen LogP contribution < -0.4 is 14.2 Å². The van der Waals surface area contributed by atoms with Gasteiger partial charge in [-0.05, 0) is 41.5 Å². The molecule has 0 bridgehead atoms. The highest BCUT2D eigenvalue weighted by Gasteiger charge is 2.15. The highest BCUT2D eigenvalue weighted by Crippen LogP contribution is 2.39. The lowest BCUT2D eigenvalue weighted by molar-refractivity contribution is 0.266. The molecule has 5 heteroatoms. The van der Waals surface area contributed by atoms with Gasteiger partial charge in [0, 0.05) is 6.20 Å². The molecule has 0 saturated heterocycles. The number of hydrogen-bond donors (Lipinski definition) is 0. The monoisotopic (exact) mass is 372 g/mol. The summed E-state index contributed by atoms with van der Waals surface area (Å²) < 4.78 is 17.0. The van der Waals surface area contributed by atoms with Gasteiger partial charge in [-0.3, -0.25) is 4.98 Å². The number of pyridine rings is 1. The van der Waals surface area contributed by atoms with E-state index in [1.165, 1.54) is 0 Å². The predicted octanol–water partition coefficient (Wildman–Crippen LogP) is 4.74. The van der Waals surface area contributed by atoms with Gasteiger partial charge in [-0.15, -0.1) is 0 Å². The number of methoxy groups -OCH3 is 2. The summed E-state index contributed by atoms with van der Waals surface area (Å²) in [6.45, 7) is 0.389. The molecule has 0 aliphatic rings. The van der Waals surface area contributed by atoms with E-state index in [9.17, 15) is 5.26 Å². The fourth-order valence-electron chi connectivity index (χ4n) is 2.71. The zero-order valence-electron chi connectivity index (χ0n) is 15.8. The van der Waals surface area contributed by atoms with E-state index in [1.54, 1.807) is 32.6 Å². The maximum absolute atomic E-state index is 9.51.